The van der Waals surface area contributed by atoms with Crippen molar-refractivity contribution in [2.45, 2.75) is 18.4 Å². The Balaban J connectivity index is 0.00000137. The molecule has 3 rings (SSSR count). The number of benzene rings is 1. The molecule has 1 aromatic carbocycles. The molecule has 0 aliphatic carbocycles. The van der Waals surface area contributed by atoms with Crippen LogP contribution in [0.1, 0.15) is 28.5 Å². The van der Waals surface area contributed by atoms with E-state index in [4.69, 9.17) is 25.1 Å². The second-order valence-corrected chi connectivity index (χ2v) is 7.29. The number of rotatable bonds is 4. The minimum absolute atomic E-state index is 0.0647. The van der Waals surface area contributed by atoms with E-state index < -0.39 is 35.4 Å². The molecule has 0 spiro atoms. The number of ether oxygens (including phenoxy) is 2. The van der Waals surface area contributed by atoms with Crippen LogP contribution in [0.5, 0.6) is 0 Å². The van der Waals surface area contributed by atoms with Gasteiger partial charge in [-0.15, -0.1) is 0 Å². The number of carboxylic acid groups (broad SMARTS) is 1. The quantitative estimate of drug-likeness (QED) is 0.440. The number of carbonyl (C=O) groups is 2. The summed E-state index contributed by atoms with van der Waals surface area (Å²) in [6.07, 6.45) is 1.41. The summed E-state index contributed by atoms with van der Waals surface area (Å²) in [5.74, 6) is 0.329. The maximum absolute atomic E-state index is 14.8. The highest BCUT2D eigenvalue weighted by Gasteiger charge is 2.54. The highest BCUT2D eigenvalue weighted by molar-refractivity contribution is 6.02. The number of pyridine rings is 1. The third kappa shape index (κ3) is 6.78. The van der Waals surface area contributed by atoms with Crippen LogP contribution in [0, 0.1) is 17.7 Å². The zero-order valence-corrected chi connectivity index (χ0v) is 18.8. The number of methoxy groups -OCH3 is 1. The van der Waals surface area contributed by atoms with Gasteiger partial charge in [-0.3, -0.25) is 14.6 Å². The largest absolute Gasteiger partial charge is 0.483 e. The van der Waals surface area contributed by atoms with Crippen LogP contribution in [0.2, 0.25) is 0 Å². The number of aromatic nitrogens is 1. The molecule has 2 heterocycles. The number of hydrogen-bond donors (Lipinski definition) is 3. The van der Waals surface area contributed by atoms with E-state index in [9.17, 15) is 18.0 Å². The van der Waals surface area contributed by atoms with Crippen molar-refractivity contribution in [3.05, 3.63) is 59.2 Å². The molecular weight excluding hydrogens is 469 g/mol. The molecule has 1 aromatic heterocycles. The van der Waals surface area contributed by atoms with Gasteiger partial charge in [0.05, 0.1) is 0 Å². The zero-order chi connectivity index (χ0) is 26.1. The Morgan fingerprint density at radius 2 is 2.09 bits per heavy atom. The first kappa shape index (κ1) is 27.3. The molecule has 1 aliphatic rings. The van der Waals surface area contributed by atoms with Gasteiger partial charge in [-0.1, -0.05) is 11.8 Å². The van der Waals surface area contributed by atoms with Crippen molar-refractivity contribution in [1.82, 2.24) is 4.98 Å². The zero-order valence-electron chi connectivity index (χ0n) is 18.8. The number of alkyl halides is 2. The molecule has 0 saturated carbocycles. The van der Waals surface area contributed by atoms with Gasteiger partial charge in [0.25, 0.3) is 18.3 Å². The minimum Gasteiger partial charge on any atom is -0.483 e. The molecule has 0 fully saturated rings. The minimum atomic E-state index is -3.54. The van der Waals surface area contributed by atoms with Crippen molar-refractivity contribution in [3.63, 3.8) is 0 Å². The molecule has 0 saturated heterocycles. The van der Waals surface area contributed by atoms with E-state index in [-0.39, 0.29) is 36.9 Å². The van der Waals surface area contributed by atoms with Crippen molar-refractivity contribution in [2.24, 2.45) is 10.7 Å². The number of amidine groups is 1. The van der Waals surface area contributed by atoms with Crippen LogP contribution in [0.25, 0.3) is 0 Å². The Kier molecular flexibility index (Phi) is 9.33. The van der Waals surface area contributed by atoms with Gasteiger partial charge in [0.1, 0.15) is 37.2 Å². The Bertz CT molecular complexity index is 1150. The normalized spacial score (nSPS) is 18.5. The van der Waals surface area contributed by atoms with Crippen LogP contribution in [-0.4, -0.2) is 61.2 Å². The lowest BCUT2D eigenvalue weighted by Gasteiger charge is -2.33. The van der Waals surface area contributed by atoms with Crippen LogP contribution < -0.4 is 11.1 Å². The molecule has 1 aliphatic heterocycles. The third-order valence-electron chi connectivity index (χ3n) is 4.81. The van der Waals surface area contributed by atoms with Crippen LogP contribution >= 0.6 is 0 Å². The molecule has 186 valence electrons. The molecule has 4 N–H and O–H groups in total. The molecule has 1 amide bonds. The summed E-state index contributed by atoms with van der Waals surface area (Å²) in [5, 5.41) is 9.42. The number of nitrogens with two attached hydrogens (primary N) is 1. The van der Waals surface area contributed by atoms with E-state index >= 15 is 0 Å². The van der Waals surface area contributed by atoms with Gasteiger partial charge < -0.3 is 25.6 Å². The lowest BCUT2D eigenvalue weighted by atomic mass is 9.85. The Morgan fingerprint density at radius 1 is 1.37 bits per heavy atom. The van der Waals surface area contributed by atoms with Crippen LogP contribution in [0.4, 0.5) is 18.9 Å². The summed E-state index contributed by atoms with van der Waals surface area (Å²) >= 11 is 0. The lowest BCUT2D eigenvalue weighted by Crippen LogP contribution is -2.45. The molecular formula is C23H23F3N4O5. The Morgan fingerprint density at radius 3 is 2.71 bits per heavy atom. The van der Waals surface area contributed by atoms with E-state index in [1.54, 1.807) is 6.07 Å². The number of aliphatic imine (C=N–C) groups is 1. The number of carbonyl (C=O) groups excluding carboxylic acids is 1. The monoisotopic (exact) mass is 492 g/mol. The second-order valence-electron chi connectivity index (χ2n) is 7.29. The first-order valence-electron chi connectivity index (χ1n) is 10.0. The first-order valence-corrected chi connectivity index (χ1v) is 10.0. The van der Waals surface area contributed by atoms with Crippen molar-refractivity contribution >= 4 is 23.9 Å². The number of hydrogen-bond acceptors (Lipinski definition) is 7. The first-order chi connectivity index (χ1) is 16.6. The number of nitrogens with one attached hydrogen (secondary N) is 1. The van der Waals surface area contributed by atoms with Gasteiger partial charge >= 0.3 is 0 Å². The fraction of sp³-hybridized carbons (Fsp3) is 0.304. The predicted molar refractivity (Wildman–Crippen MR) is 121 cm³/mol. The molecule has 9 nitrogen and oxygen atoms in total. The van der Waals surface area contributed by atoms with Gasteiger partial charge in [-0.05, 0) is 37.3 Å². The van der Waals surface area contributed by atoms with Crippen molar-refractivity contribution in [2.75, 3.05) is 32.2 Å². The smallest absolute Gasteiger partial charge is 0.299 e. The SMILES string of the molecule is COCC#Cc1ccc(C(=O)Nc2ccc(F)c([C@@]3(C)N=C(N)COCC3(F)F)c2)nc1.O=CO. The average molecular weight is 492 g/mol. The average Bonchev–Trinajstić information content (AvgIpc) is 2.91. The van der Waals surface area contributed by atoms with Crippen molar-refractivity contribution in [1.29, 1.82) is 0 Å². The standard InChI is InChI=1S/C22H21F3N4O3.CH2O2/c1-21(22(24,25)13-32-12-19(26)29-21)16-10-15(6-7-17(16)23)28-20(30)18-8-5-14(11-27-18)4-3-9-31-2;2-1-3/h5-8,10-11H,9,12-13H2,1-2H3,(H2,26,29)(H,28,30);1H,(H,2,3)/t21-;/m1./s1. The van der Waals surface area contributed by atoms with Crippen molar-refractivity contribution in [3.8, 4) is 11.8 Å². The molecule has 0 unspecified atom stereocenters. The third-order valence-corrected chi connectivity index (χ3v) is 4.81. The van der Waals surface area contributed by atoms with E-state index in [1.165, 1.54) is 25.4 Å². The van der Waals surface area contributed by atoms with E-state index in [1.807, 2.05) is 0 Å². The summed E-state index contributed by atoms with van der Waals surface area (Å²) < 4.78 is 53.9. The van der Waals surface area contributed by atoms with Crippen LogP contribution in [0.3, 0.4) is 0 Å². The highest BCUT2D eigenvalue weighted by Crippen LogP contribution is 2.44. The van der Waals surface area contributed by atoms with Crippen LogP contribution in [0.15, 0.2) is 41.5 Å². The van der Waals surface area contributed by atoms with Crippen LogP contribution in [-0.2, 0) is 19.8 Å². The van der Waals surface area contributed by atoms with Gasteiger partial charge in [0, 0.05) is 30.1 Å². The van der Waals surface area contributed by atoms with E-state index in [2.05, 4.69) is 27.1 Å². The summed E-state index contributed by atoms with van der Waals surface area (Å²) in [5.41, 5.74) is 3.64. The molecule has 35 heavy (non-hydrogen) atoms. The number of amides is 1. The second kappa shape index (κ2) is 12.0. The molecule has 0 radical (unpaired) electrons. The van der Waals surface area contributed by atoms with E-state index in [0.29, 0.717) is 5.56 Å². The summed E-state index contributed by atoms with van der Waals surface area (Å²) in [4.78, 5) is 28.8. The molecule has 12 heteroatoms. The topological polar surface area (TPSA) is 136 Å². The summed E-state index contributed by atoms with van der Waals surface area (Å²) in [6, 6.07) is 6.40. The molecule has 1 atom stereocenters. The number of halogens is 3. The summed E-state index contributed by atoms with van der Waals surface area (Å²) in [7, 11) is 1.52. The Labute approximate surface area is 199 Å². The molecule has 2 aromatic rings. The van der Waals surface area contributed by atoms with Crippen molar-refractivity contribution < 1.29 is 37.3 Å². The predicted octanol–water partition coefficient (Wildman–Crippen LogP) is 2.41. The summed E-state index contributed by atoms with van der Waals surface area (Å²) in [6.45, 7) is -0.188. The van der Waals surface area contributed by atoms with Gasteiger partial charge in [0.15, 0.2) is 5.54 Å². The van der Waals surface area contributed by atoms with E-state index in [0.717, 1.165) is 19.1 Å². The molecule has 0 bridgehead atoms. The van der Waals surface area contributed by atoms with Gasteiger partial charge in [0.2, 0.25) is 0 Å². The maximum atomic E-state index is 14.8. The highest BCUT2D eigenvalue weighted by atomic mass is 19.3. The number of nitrogens with zero attached hydrogens (tertiary/aromatic N) is 2. The number of anilines is 1. The Hall–Kier alpha value is -3.95. The fourth-order valence-electron chi connectivity index (χ4n) is 3.07. The maximum Gasteiger partial charge on any atom is 0.299 e. The lowest BCUT2D eigenvalue weighted by molar-refractivity contribution is -0.122. The van der Waals surface area contributed by atoms with Gasteiger partial charge in [-0.25, -0.2) is 18.2 Å². The fourth-order valence-corrected chi connectivity index (χ4v) is 3.07. The van der Waals surface area contributed by atoms with Gasteiger partial charge in [-0.2, -0.15) is 0 Å².